The van der Waals surface area contributed by atoms with Crippen LogP contribution in [0.2, 0.25) is 0 Å². The van der Waals surface area contributed by atoms with Crippen LogP contribution in [0.5, 0.6) is 0 Å². The first-order valence-electron chi connectivity index (χ1n) is 4.98. The predicted octanol–water partition coefficient (Wildman–Crippen LogP) is 0.0983. The van der Waals surface area contributed by atoms with E-state index in [1.54, 1.807) is 0 Å². The summed E-state index contributed by atoms with van der Waals surface area (Å²) in [6.07, 6.45) is 3.74. The van der Waals surface area contributed by atoms with Gasteiger partial charge in [0.15, 0.2) is 0 Å². The van der Waals surface area contributed by atoms with Crippen LogP contribution < -0.4 is 11.3 Å². The van der Waals surface area contributed by atoms with Gasteiger partial charge in [-0.25, -0.2) is 5.84 Å². The molecule has 4 heteroatoms. The van der Waals surface area contributed by atoms with E-state index in [9.17, 15) is 4.79 Å². The molecule has 1 heterocycles. The van der Waals surface area contributed by atoms with Crippen LogP contribution in [-0.4, -0.2) is 30.4 Å². The molecule has 4 nitrogen and oxygen atoms in total. The summed E-state index contributed by atoms with van der Waals surface area (Å²) in [6, 6.07) is 0. The molecule has 1 amide bonds. The van der Waals surface area contributed by atoms with Gasteiger partial charge in [0.1, 0.15) is 0 Å². The second kappa shape index (κ2) is 5.19. The van der Waals surface area contributed by atoms with Crippen molar-refractivity contribution in [2.24, 2.45) is 11.8 Å². The van der Waals surface area contributed by atoms with Gasteiger partial charge in [-0.2, -0.15) is 0 Å². The van der Waals surface area contributed by atoms with Gasteiger partial charge in [0.05, 0.1) is 6.54 Å². The lowest BCUT2D eigenvalue weighted by Crippen LogP contribution is -2.39. The topological polar surface area (TPSA) is 58.4 Å². The lowest BCUT2D eigenvalue weighted by atomic mass is 10.0. The molecule has 0 aromatic carbocycles. The summed E-state index contributed by atoms with van der Waals surface area (Å²) >= 11 is 0. The monoisotopic (exact) mass is 185 g/mol. The largest absolute Gasteiger partial charge is 0.294 e. The fraction of sp³-hybridized carbons (Fsp3) is 0.889. The van der Waals surface area contributed by atoms with Gasteiger partial charge in [-0.15, -0.1) is 0 Å². The maximum Gasteiger partial charge on any atom is 0.248 e. The van der Waals surface area contributed by atoms with Crippen molar-refractivity contribution in [1.29, 1.82) is 0 Å². The number of nitrogens with two attached hydrogens (primary N) is 1. The van der Waals surface area contributed by atoms with E-state index < -0.39 is 0 Å². The molecule has 1 rings (SSSR count). The summed E-state index contributed by atoms with van der Waals surface area (Å²) in [6.45, 7) is 4.76. The smallest absolute Gasteiger partial charge is 0.248 e. The highest BCUT2D eigenvalue weighted by molar-refractivity contribution is 5.77. The van der Waals surface area contributed by atoms with E-state index >= 15 is 0 Å². The molecule has 1 fully saturated rings. The summed E-state index contributed by atoms with van der Waals surface area (Å²) in [5.41, 5.74) is 2.16. The standard InChI is InChI=1S/C9H19N3O/c1-2-3-8-4-5-12(6-8)7-9(13)11-10/h8H,2-7,10H2,1H3,(H,11,13). The molecule has 0 spiro atoms. The Hall–Kier alpha value is -0.610. The Labute approximate surface area is 79.4 Å². The van der Waals surface area contributed by atoms with Crippen molar-refractivity contribution in [3.63, 3.8) is 0 Å². The van der Waals surface area contributed by atoms with Gasteiger partial charge < -0.3 is 0 Å². The molecule has 0 aromatic heterocycles. The second-order valence-corrected chi connectivity index (χ2v) is 3.75. The summed E-state index contributed by atoms with van der Waals surface area (Å²) in [7, 11) is 0. The Morgan fingerprint density at radius 2 is 2.46 bits per heavy atom. The average molecular weight is 185 g/mol. The van der Waals surface area contributed by atoms with Gasteiger partial charge in [0, 0.05) is 6.54 Å². The van der Waals surface area contributed by atoms with Crippen LogP contribution in [0, 0.1) is 5.92 Å². The number of rotatable bonds is 4. The zero-order valence-corrected chi connectivity index (χ0v) is 8.25. The summed E-state index contributed by atoms with van der Waals surface area (Å²) in [4.78, 5) is 13.1. The van der Waals surface area contributed by atoms with Gasteiger partial charge in [-0.3, -0.25) is 15.1 Å². The molecule has 13 heavy (non-hydrogen) atoms. The van der Waals surface area contributed by atoms with Crippen LogP contribution in [-0.2, 0) is 4.79 Å². The SMILES string of the molecule is CCCC1CCN(CC(=O)NN)C1. The Morgan fingerprint density at radius 3 is 3.08 bits per heavy atom. The Morgan fingerprint density at radius 1 is 1.69 bits per heavy atom. The lowest BCUT2D eigenvalue weighted by Gasteiger charge is -2.14. The number of carbonyl (C=O) groups excluding carboxylic acids is 1. The molecule has 0 aliphatic carbocycles. The fourth-order valence-electron chi connectivity index (χ4n) is 1.95. The first kappa shape index (κ1) is 10.5. The van der Waals surface area contributed by atoms with E-state index in [4.69, 9.17) is 5.84 Å². The van der Waals surface area contributed by atoms with Crippen molar-refractivity contribution < 1.29 is 4.79 Å². The van der Waals surface area contributed by atoms with Gasteiger partial charge in [0.25, 0.3) is 0 Å². The van der Waals surface area contributed by atoms with Crippen molar-refractivity contribution in [3.05, 3.63) is 0 Å². The molecule has 3 N–H and O–H groups in total. The number of amides is 1. The predicted molar refractivity (Wildman–Crippen MR) is 51.8 cm³/mol. The molecule has 76 valence electrons. The summed E-state index contributed by atoms with van der Waals surface area (Å²) < 4.78 is 0. The quantitative estimate of drug-likeness (QED) is 0.371. The molecule has 0 bridgehead atoms. The Bertz CT molecular complexity index is 172. The van der Waals surface area contributed by atoms with Gasteiger partial charge >= 0.3 is 0 Å². The number of likely N-dealkylation sites (tertiary alicyclic amines) is 1. The number of nitrogens with zero attached hydrogens (tertiary/aromatic N) is 1. The maximum absolute atomic E-state index is 11.0. The molecule has 1 unspecified atom stereocenters. The molecule has 0 saturated carbocycles. The third-order valence-electron chi connectivity index (χ3n) is 2.60. The molecule has 1 aliphatic rings. The van der Waals surface area contributed by atoms with Crippen molar-refractivity contribution >= 4 is 5.91 Å². The van der Waals surface area contributed by atoms with Crippen molar-refractivity contribution in [3.8, 4) is 0 Å². The van der Waals surface area contributed by atoms with Crippen LogP contribution >= 0.6 is 0 Å². The number of nitrogens with one attached hydrogen (secondary N) is 1. The first-order chi connectivity index (χ1) is 6.26. The van der Waals surface area contributed by atoms with Crippen molar-refractivity contribution in [2.75, 3.05) is 19.6 Å². The highest BCUT2D eigenvalue weighted by atomic mass is 16.2. The fourth-order valence-corrected chi connectivity index (χ4v) is 1.95. The van der Waals surface area contributed by atoms with E-state index in [0.717, 1.165) is 19.0 Å². The van der Waals surface area contributed by atoms with E-state index in [2.05, 4.69) is 17.2 Å². The van der Waals surface area contributed by atoms with Crippen LogP contribution in [0.4, 0.5) is 0 Å². The Balaban J connectivity index is 2.20. The second-order valence-electron chi connectivity index (χ2n) is 3.75. The molecule has 1 saturated heterocycles. The van der Waals surface area contributed by atoms with Crippen LogP contribution in [0.15, 0.2) is 0 Å². The van der Waals surface area contributed by atoms with Gasteiger partial charge in [0.2, 0.25) is 5.91 Å². The molecular formula is C9H19N3O. The van der Waals surface area contributed by atoms with E-state index in [-0.39, 0.29) is 5.91 Å². The maximum atomic E-state index is 11.0. The highest BCUT2D eigenvalue weighted by Gasteiger charge is 2.22. The highest BCUT2D eigenvalue weighted by Crippen LogP contribution is 2.19. The van der Waals surface area contributed by atoms with Crippen LogP contribution in [0.3, 0.4) is 0 Å². The van der Waals surface area contributed by atoms with Crippen molar-refractivity contribution in [2.45, 2.75) is 26.2 Å². The molecule has 0 radical (unpaired) electrons. The van der Waals surface area contributed by atoms with E-state index in [1.807, 2.05) is 0 Å². The zero-order valence-electron chi connectivity index (χ0n) is 8.25. The molecular weight excluding hydrogens is 166 g/mol. The number of hydrogen-bond donors (Lipinski definition) is 2. The number of carbonyl (C=O) groups is 1. The van der Waals surface area contributed by atoms with E-state index in [1.165, 1.54) is 19.3 Å². The van der Waals surface area contributed by atoms with Crippen LogP contribution in [0.25, 0.3) is 0 Å². The van der Waals surface area contributed by atoms with Gasteiger partial charge in [-0.1, -0.05) is 13.3 Å². The van der Waals surface area contributed by atoms with Gasteiger partial charge in [-0.05, 0) is 25.3 Å². The molecule has 1 aliphatic heterocycles. The normalized spacial score (nSPS) is 23.4. The third kappa shape index (κ3) is 3.32. The Kier molecular flexibility index (Phi) is 4.18. The van der Waals surface area contributed by atoms with Crippen LogP contribution in [0.1, 0.15) is 26.2 Å². The van der Waals surface area contributed by atoms with Crippen molar-refractivity contribution in [1.82, 2.24) is 10.3 Å². The molecule has 1 atom stereocenters. The minimum atomic E-state index is -0.0860. The summed E-state index contributed by atoms with van der Waals surface area (Å²) in [5.74, 6) is 5.72. The summed E-state index contributed by atoms with van der Waals surface area (Å²) in [5, 5.41) is 0. The van der Waals surface area contributed by atoms with E-state index in [0.29, 0.717) is 6.54 Å². The minimum Gasteiger partial charge on any atom is -0.294 e. The molecule has 0 aromatic rings. The number of hydrogen-bond acceptors (Lipinski definition) is 3. The minimum absolute atomic E-state index is 0.0860. The lowest BCUT2D eigenvalue weighted by molar-refractivity contribution is -0.122. The first-order valence-corrected chi connectivity index (χ1v) is 4.98. The third-order valence-corrected chi connectivity index (χ3v) is 2.60. The number of hydrazine groups is 1. The zero-order chi connectivity index (χ0) is 9.68. The average Bonchev–Trinajstić information content (AvgIpc) is 2.53.